The smallest absolute Gasteiger partial charge is 0.285 e. The Bertz CT molecular complexity index is 603. The van der Waals surface area contributed by atoms with Crippen molar-refractivity contribution in [2.45, 2.75) is 13.2 Å². The van der Waals surface area contributed by atoms with Crippen molar-refractivity contribution in [1.82, 2.24) is 19.8 Å². The summed E-state index contributed by atoms with van der Waals surface area (Å²) in [5.41, 5.74) is 2.86. The molecule has 1 heterocycles. The molecule has 2 aromatic rings. The number of aromatic nitrogens is 3. The van der Waals surface area contributed by atoms with Gasteiger partial charge in [0.25, 0.3) is 5.91 Å². The molecule has 1 aromatic heterocycles. The minimum atomic E-state index is -0.434. The summed E-state index contributed by atoms with van der Waals surface area (Å²) < 4.78 is 2.35. The van der Waals surface area contributed by atoms with Gasteiger partial charge < -0.3 is 0 Å². The summed E-state index contributed by atoms with van der Waals surface area (Å²) in [6.07, 6.45) is 1.35. The van der Waals surface area contributed by atoms with E-state index in [1.165, 1.54) is 10.9 Å². The first-order valence-corrected chi connectivity index (χ1v) is 5.70. The lowest BCUT2D eigenvalue weighted by Gasteiger charge is -2.05. The van der Waals surface area contributed by atoms with Gasteiger partial charge in [-0.1, -0.05) is 30.3 Å². The predicted octanol–water partition coefficient (Wildman–Crippen LogP) is -0.170. The monoisotopic (exact) mass is 262 g/mol. The Morgan fingerprint density at radius 2 is 2.11 bits per heavy atom. The summed E-state index contributed by atoms with van der Waals surface area (Å²) in [6.45, 7) is 0.0954. The Morgan fingerprint density at radius 1 is 1.37 bits per heavy atom. The van der Waals surface area contributed by atoms with E-state index in [0.717, 1.165) is 10.2 Å². The van der Waals surface area contributed by atoms with Crippen LogP contribution in [0.1, 0.15) is 5.56 Å². The van der Waals surface area contributed by atoms with Crippen LogP contribution >= 0.6 is 0 Å². The van der Waals surface area contributed by atoms with Gasteiger partial charge in [0.05, 0.1) is 6.61 Å². The molecule has 100 valence electrons. The van der Waals surface area contributed by atoms with Crippen LogP contribution < -0.4 is 11.2 Å². The Labute approximate surface area is 109 Å². The van der Waals surface area contributed by atoms with Gasteiger partial charge >= 0.3 is 5.69 Å². The Balaban J connectivity index is 1.79. The standard InChI is InChI=1S/C12H14N4O3/c1-15-9-13-16(12(15)18)7-11(17)14-19-8-10-5-3-2-4-6-10/h2-6,9H,7-8H2,1H3,(H,14,17). The highest BCUT2D eigenvalue weighted by atomic mass is 16.6. The van der Waals surface area contributed by atoms with E-state index >= 15 is 0 Å². The SMILES string of the molecule is Cn1cnn(CC(=O)NOCc2ccccc2)c1=O. The number of nitrogens with zero attached hydrogens (tertiary/aromatic N) is 3. The molecule has 1 aromatic carbocycles. The quantitative estimate of drug-likeness (QED) is 0.759. The van der Waals surface area contributed by atoms with Gasteiger partial charge in [0.1, 0.15) is 12.9 Å². The van der Waals surface area contributed by atoms with Crippen molar-refractivity contribution >= 4 is 5.91 Å². The number of aryl methyl sites for hydroxylation is 1. The molecular formula is C12H14N4O3. The molecule has 0 aliphatic carbocycles. The van der Waals surface area contributed by atoms with Gasteiger partial charge in [-0.25, -0.2) is 15.0 Å². The van der Waals surface area contributed by atoms with E-state index in [1.807, 2.05) is 30.3 Å². The summed E-state index contributed by atoms with van der Waals surface area (Å²) in [4.78, 5) is 28.0. The molecule has 19 heavy (non-hydrogen) atoms. The molecular weight excluding hydrogens is 248 g/mol. The number of hydrogen-bond acceptors (Lipinski definition) is 4. The number of carbonyl (C=O) groups is 1. The number of hydrogen-bond donors (Lipinski definition) is 1. The highest BCUT2D eigenvalue weighted by Gasteiger charge is 2.07. The first-order valence-electron chi connectivity index (χ1n) is 5.70. The minimum Gasteiger partial charge on any atom is -0.285 e. The number of amides is 1. The van der Waals surface area contributed by atoms with Crippen molar-refractivity contribution in [1.29, 1.82) is 0 Å². The van der Waals surface area contributed by atoms with Gasteiger partial charge in [-0.15, -0.1) is 0 Å². The maximum atomic E-state index is 11.5. The van der Waals surface area contributed by atoms with E-state index in [-0.39, 0.29) is 18.8 Å². The van der Waals surface area contributed by atoms with Gasteiger partial charge in [0, 0.05) is 7.05 Å². The second kappa shape index (κ2) is 5.96. The highest BCUT2D eigenvalue weighted by Crippen LogP contribution is 1.98. The number of hydroxylamine groups is 1. The van der Waals surface area contributed by atoms with E-state index < -0.39 is 5.91 Å². The topological polar surface area (TPSA) is 78.2 Å². The normalized spacial score (nSPS) is 10.4. The average molecular weight is 262 g/mol. The fraction of sp³-hybridized carbons (Fsp3) is 0.250. The lowest BCUT2D eigenvalue weighted by atomic mass is 10.2. The largest absolute Gasteiger partial charge is 0.345 e. The molecule has 0 fully saturated rings. The zero-order valence-corrected chi connectivity index (χ0v) is 10.4. The lowest BCUT2D eigenvalue weighted by molar-refractivity contribution is -0.135. The third kappa shape index (κ3) is 3.52. The van der Waals surface area contributed by atoms with Crippen LogP contribution in [0.25, 0.3) is 0 Å². The van der Waals surface area contributed by atoms with Crippen molar-refractivity contribution in [3.63, 3.8) is 0 Å². The van der Waals surface area contributed by atoms with Crippen LogP contribution in [0.3, 0.4) is 0 Å². The molecule has 7 heteroatoms. The van der Waals surface area contributed by atoms with E-state index in [0.29, 0.717) is 0 Å². The molecule has 0 aliphatic rings. The summed E-state index contributed by atoms with van der Waals surface area (Å²) in [5.74, 6) is -0.434. The number of benzene rings is 1. The molecule has 2 rings (SSSR count). The second-order valence-electron chi connectivity index (χ2n) is 3.98. The fourth-order valence-corrected chi connectivity index (χ4v) is 1.47. The third-order valence-electron chi connectivity index (χ3n) is 2.45. The number of nitrogens with one attached hydrogen (secondary N) is 1. The molecule has 0 atom stereocenters. The second-order valence-corrected chi connectivity index (χ2v) is 3.98. The molecule has 0 bridgehead atoms. The maximum Gasteiger partial charge on any atom is 0.345 e. The molecule has 0 saturated carbocycles. The average Bonchev–Trinajstić information content (AvgIpc) is 2.72. The zero-order chi connectivity index (χ0) is 13.7. The summed E-state index contributed by atoms with van der Waals surface area (Å²) in [7, 11) is 1.57. The van der Waals surface area contributed by atoms with Crippen molar-refractivity contribution in [3.05, 3.63) is 52.7 Å². The minimum absolute atomic E-state index is 0.172. The molecule has 7 nitrogen and oxygen atoms in total. The van der Waals surface area contributed by atoms with Crippen LogP contribution in [0.5, 0.6) is 0 Å². The summed E-state index contributed by atoms with van der Waals surface area (Å²) >= 11 is 0. The molecule has 0 unspecified atom stereocenters. The third-order valence-corrected chi connectivity index (χ3v) is 2.45. The Kier molecular flexibility index (Phi) is 4.09. The van der Waals surface area contributed by atoms with Crippen LogP contribution in [-0.4, -0.2) is 20.3 Å². The van der Waals surface area contributed by atoms with Crippen LogP contribution in [0.2, 0.25) is 0 Å². The van der Waals surface area contributed by atoms with Crippen LogP contribution in [0, 0.1) is 0 Å². The lowest BCUT2D eigenvalue weighted by Crippen LogP contribution is -2.33. The summed E-state index contributed by atoms with van der Waals surface area (Å²) in [5, 5.41) is 3.77. The molecule has 0 aliphatic heterocycles. The van der Waals surface area contributed by atoms with Gasteiger partial charge in [-0.05, 0) is 5.56 Å². The predicted molar refractivity (Wildman–Crippen MR) is 66.8 cm³/mol. The molecule has 0 radical (unpaired) electrons. The van der Waals surface area contributed by atoms with Crippen LogP contribution in [0.4, 0.5) is 0 Å². The van der Waals surface area contributed by atoms with Crippen LogP contribution in [0.15, 0.2) is 41.5 Å². The van der Waals surface area contributed by atoms with Crippen molar-refractivity contribution < 1.29 is 9.63 Å². The van der Waals surface area contributed by atoms with E-state index in [4.69, 9.17) is 4.84 Å². The maximum absolute atomic E-state index is 11.5. The Morgan fingerprint density at radius 3 is 2.74 bits per heavy atom. The Hall–Kier alpha value is -2.41. The van der Waals surface area contributed by atoms with E-state index in [9.17, 15) is 9.59 Å². The van der Waals surface area contributed by atoms with Crippen molar-refractivity contribution in [2.75, 3.05) is 0 Å². The first kappa shape index (κ1) is 13.0. The molecule has 1 amide bonds. The highest BCUT2D eigenvalue weighted by molar-refractivity contribution is 5.74. The van der Waals surface area contributed by atoms with E-state index in [2.05, 4.69) is 10.6 Å². The molecule has 0 spiro atoms. The number of carbonyl (C=O) groups excluding carboxylic acids is 1. The number of rotatable bonds is 5. The van der Waals surface area contributed by atoms with Gasteiger partial charge in [-0.3, -0.25) is 14.2 Å². The van der Waals surface area contributed by atoms with Crippen LogP contribution in [-0.2, 0) is 29.8 Å². The van der Waals surface area contributed by atoms with Gasteiger partial charge in [-0.2, -0.15) is 5.10 Å². The summed E-state index contributed by atoms with van der Waals surface area (Å²) in [6, 6.07) is 9.43. The van der Waals surface area contributed by atoms with Crippen molar-refractivity contribution in [3.8, 4) is 0 Å². The molecule has 0 saturated heterocycles. The van der Waals surface area contributed by atoms with Crippen molar-refractivity contribution in [2.24, 2.45) is 7.05 Å². The van der Waals surface area contributed by atoms with Gasteiger partial charge in [0.15, 0.2) is 0 Å². The van der Waals surface area contributed by atoms with E-state index in [1.54, 1.807) is 7.05 Å². The first-order chi connectivity index (χ1) is 9.16. The van der Waals surface area contributed by atoms with Gasteiger partial charge in [0.2, 0.25) is 0 Å². The zero-order valence-electron chi connectivity index (χ0n) is 10.4. The molecule has 1 N–H and O–H groups in total. The fourth-order valence-electron chi connectivity index (χ4n) is 1.47.